The van der Waals surface area contributed by atoms with Gasteiger partial charge in [0.15, 0.2) is 0 Å². The molecule has 2 unspecified atom stereocenters. The van der Waals surface area contributed by atoms with Gasteiger partial charge in [-0.15, -0.1) is 0 Å². The van der Waals surface area contributed by atoms with Crippen LogP contribution in [0.25, 0.3) is 0 Å². The van der Waals surface area contributed by atoms with Crippen LogP contribution in [0.5, 0.6) is 0 Å². The van der Waals surface area contributed by atoms with Crippen molar-refractivity contribution in [3.05, 3.63) is 0 Å². The van der Waals surface area contributed by atoms with Crippen molar-refractivity contribution in [2.24, 2.45) is 17.1 Å². The van der Waals surface area contributed by atoms with Crippen LogP contribution in [0.15, 0.2) is 0 Å². The maximum absolute atomic E-state index is 6.26. The van der Waals surface area contributed by atoms with Crippen LogP contribution in [0.4, 0.5) is 0 Å². The Labute approximate surface area is 112 Å². The molecule has 0 aromatic carbocycles. The first-order valence-corrected chi connectivity index (χ1v) is 7.71. The molecule has 3 N–H and O–H groups in total. The molecular weight excluding hydrogens is 224 g/mol. The standard InChI is InChI=1S/C15H30N2O/c1-18-10-9-15(7-8-15)12-17-11-13-5-3-2-4-6-14(13)16/h13-14,17H,2-12,16H2,1H3. The summed E-state index contributed by atoms with van der Waals surface area (Å²) in [7, 11) is 1.80. The first-order valence-electron chi connectivity index (χ1n) is 7.71. The molecular formula is C15H30N2O. The van der Waals surface area contributed by atoms with Gasteiger partial charge in [0.25, 0.3) is 0 Å². The highest BCUT2D eigenvalue weighted by Crippen LogP contribution is 2.48. The lowest BCUT2D eigenvalue weighted by Crippen LogP contribution is -2.38. The fraction of sp³-hybridized carbons (Fsp3) is 1.00. The quantitative estimate of drug-likeness (QED) is 0.685. The fourth-order valence-electron chi connectivity index (χ4n) is 3.20. The number of ether oxygens (including phenoxy) is 1. The van der Waals surface area contributed by atoms with E-state index in [0.29, 0.717) is 17.4 Å². The number of rotatable bonds is 7. The summed E-state index contributed by atoms with van der Waals surface area (Å²) in [6.45, 7) is 3.19. The summed E-state index contributed by atoms with van der Waals surface area (Å²) in [6, 6.07) is 0.425. The maximum atomic E-state index is 6.26. The highest BCUT2D eigenvalue weighted by Gasteiger charge is 2.41. The normalized spacial score (nSPS) is 31.0. The summed E-state index contributed by atoms with van der Waals surface area (Å²) >= 11 is 0. The monoisotopic (exact) mass is 254 g/mol. The van der Waals surface area contributed by atoms with Gasteiger partial charge in [-0.25, -0.2) is 0 Å². The van der Waals surface area contributed by atoms with E-state index >= 15 is 0 Å². The molecule has 3 heteroatoms. The summed E-state index contributed by atoms with van der Waals surface area (Å²) in [6.07, 6.45) is 10.6. The topological polar surface area (TPSA) is 47.3 Å². The van der Waals surface area contributed by atoms with Gasteiger partial charge in [0.1, 0.15) is 0 Å². The van der Waals surface area contributed by atoms with Crippen molar-refractivity contribution in [3.8, 4) is 0 Å². The molecule has 2 fully saturated rings. The zero-order valence-corrected chi connectivity index (χ0v) is 11.9. The predicted molar refractivity (Wildman–Crippen MR) is 75.6 cm³/mol. The molecule has 106 valence electrons. The molecule has 0 bridgehead atoms. The van der Waals surface area contributed by atoms with Crippen LogP contribution >= 0.6 is 0 Å². The molecule has 0 saturated heterocycles. The third-order valence-electron chi connectivity index (χ3n) is 4.92. The molecule has 2 rings (SSSR count). The molecule has 0 spiro atoms. The van der Waals surface area contributed by atoms with Crippen molar-refractivity contribution in [2.45, 2.75) is 57.4 Å². The largest absolute Gasteiger partial charge is 0.385 e. The van der Waals surface area contributed by atoms with Gasteiger partial charge in [-0.2, -0.15) is 0 Å². The number of hydrogen-bond donors (Lipinski definition) is 2. The fourth-order valence-corrected chi connectivity index (χ4v) is 3.20. The van der Waals surface area contributed by atoms with Gasteiger partial charge in [-0.1, -0.05) is 19.3 Å². The third kappa shape index (κ3) is 4.22. The number of nitrogens with two attached hydrogens (primary N) is 1. The predicted octanol–water partition coefficient (Wildman–Crippen LogP) is 2.30. The van der Waals surface area contributed by atoms with Crippen molar-refractivity contribution in [2.75, 3.05) is 26.8 Å². The number of hydrogen-bond acceptors (Lipinski definition) is 3. The molecule has 0 aliphatic heterocycles. The molecule has 0 radical (unpaired) electrons. The van der Waals surface area contributed by atoms with E-state index in [4.69, 9.17) is 10.5 Å². The van der Waals surface area contributed by atoms with Crippen LogP contribution in [0, 0.1) is 11.3 Å². The lowest BCUT2D eigenvalue weighted by atomic mass is 9.95. The van der Waals surface area contributed by atoms with E-state index in [2.05, 4.69) is 5.32 Å². The number of methoxy groups -OCH3 is 1. The molecule has 18 heavy (non-hydrogen) atoms. The first-order chi connectivity index (χ1) is 8.76. The van der Waals surface area contributed by atoms with Crippen LogP contribution in [-0.4, -0.2) is 32.8 Å². The van der Waals surface area contributed by atoms with Crippen LogP contribution in [0.3, 0.4) is 0 Å². The van der Waals surface area contributed by atoms with Gasteiger partial charge >= 0.3 is 0 Å². The Balaban J connectivity index is 1.65. The third-order valence-corrected chi connectivity index (χ3v) is 4.92. The van der Waals surface area contributed by atoms with Crippen LogP contribution < -0.4 is 11.1 Å². The van der Waals surface area contributed by atoms with Crippen molar-refractivity contribution < 1.29 is 4.74 Å². The summed E-state index contributed by atoms with van der Waals surface area (Å²) in [5.74, 6) is 0.700. The van der Waals surface area contributed by atoms with E-state index in [1.165, 1.54) is 57.9 Å². The summed E-state index contributed by atoms with van der Waals surface area (Å²) < 4.78 is 5.20. The molecule has 2 atom stereocenters. The smallest absolute Gasteiger partial charge is 0.0468 e. The molecule has 2 saturated carbocycles. The Morgan fingerprint density at radius 1 is 1.22 bits per heavy atom. The Hall–Kier alpha value is -0.120. The van der Waals surface area contributed by atoms with Crippen molar-refractivity contribution in [1.29, 1.82) is 0 Å². The molecule has 3 nitrogen and oxygen atoms in total. The molecule has 0 heterocycles. The Morgan fingerprint density at radius 2 is 2.00 bits per heavy atom. The van der Waals surface area contributed by atoms with E-state index in [0.717, 1.165) is 13.2 Å². The summed E-state index contributed by atoms with van der Waals surface area (Å²) in [4.78, 5) is 0. The highest BCUT2D eigenvalue weighted by molar-refractivity contribution is 4.95. The minimum atomic E-state index is 0.425. The van der Waals surface area contributed by atoms with Gasteiger partial charge in [-0.05, 0) is 50.0 Å². The maximum Gasteiger partial charge on any atom is 0.0468 e. The van der Waals surface area contributed by atoms with Crippen LogP contribution in [0.1, 0.15) is 51.4 Å². The summed E-state index contributed by atoms with van der Waals surface area (Å²) in [5.41, 5.74) is 6.82. The van der Waals surface area contributed by atoms with E-state index in [1.807, 2.05) is 0 Å². The molecule has 0 aromatic heterocycles. The van der Waals surface area contributed by atoms with Gasteiger partial charge in [0.2, 0.25) is 0 Å². The van der Waals surface area contributed by atoms with Gasteiger partial charge in [0.05, 0.1) is 0 Å². The van der Waals surface area contributed by atoms with Crippen molar-refractivity contribution in [3.63, 3.8) is 0 Å². The SMILES string of the molecule is COCCC1(CNCC2CCCCCC2N)CC1. The van der Waals surface area contributed by atoms with Crippen LogP contribution in [0.2, 0.25) is 0 Å². The highest BCUT2D eigenvalue weighted by atomic mass is 16.5. The minimum absolute atomic E-state index is 0.425. The second kappa shape index (κ2) is 6.88. The summed E-state index contributed by atoms with van der Waals surface area (Å²) in [5, 5.41) is 3.69. The second-order valence-electron chi connectivity index (χ2n) is 6.44. The Kier molecular flexibility index (Phi) is 5.46. The second-order valence-corrected chi connectivity index (χ2v) is 6.44. The van der Waals surface area contributed by atoms with E-state index in [1.54, 1.807) is 7.11 Å². The Morgan fingerprint density at radius 3 is 2.72 bits per heavy atom. The zero-order valence-electron chi connectivity index (χ0n) is 11.9. The van der Waals surface area contributed by atoms with Crippen molar-refractivity contribution in [1.82, 2.24) is 5.32 Å². The average Bonchev–Trinajstić information content (AvgIpc) is 3.15. The van der Waals surface area contributed by atoms with Gasteiger partial charge < -0.3 is 15.8 Å². The molecule has 0 amide bonds. The van der Waals surface area contributed by atoms with Crippen LogP contribution in [-0.2, 0) is 4.74 Å². The first kappa shape index (κ1) is 14.3. The van der Waals surface area contributed by atoms with Gasteiger partial charge in [0, 0.05) is 26.3 Å². The van der Waals surface area contributed by atoms with Gasteiger partial charge in [-0.3, -0.25) is 0 Å². The minimum Gasteiger partial charge on any atom is -0.385 e. The van der Waals surface area contributed by atoms with E-state index in [-0.39, 0.29) is 0 Å². The molecule has 2 aliphatic rings. The number of nitrogens with one attached hydrogen (secondary N) is 1. The van der Waals surface area contributed by atoms with E-state index in [9.17, 15) is 0 Å². The Bertz CT molecular complexity index is 241. The lowest BCUT2D eigenvalue weighted by molar-refractivity contribution is 0.170. The lowest BCUT2D eigenvalue weighted by Gasteiger charge is -2.23. The molecule has 2 aliphatic carbocycles. The molecule has 0 aromatic rings. The average molecular weight is 254 g/mol. The zero-order chi connectivity index (χ0) is 12.8. The van der Waals surface area contributed by atoms with Crippen molar-refractivity contribution >= 4 is 0 Å². The van der Waals surface area contributed by atoms with E-state index < -0.39 is 0 Å².